The van der Waals surface area contributed by atoms with Crippen LogP contribution in [0.1, 0.15) is 66.6 Å². The maximum atomic E-state index is 14.0. The number of benzene rings is 2. The van der Waals surface area contributed by atoms with Gasteiger partial charge < -0.3 is 25.4 Å². The van der Waals surface area contributed by atoms with Crippen molar-refractivity contribution < 1.29 is 31.6 Å². The van der Waals surface area contributed by atoms with Gasteiger partial charge in [0.1, 0.15) is 28.1 Å². The van der Waals surface area contributed by atoms with Gasteiger partial charge in [0.25, 0.3) is 5.91 Å². The first-order chi connectivity index (χ1) is 23.7. The summed E-state index contributed by atoms with van der Waals surface area (Å²) in [6.45, 7) is 7.93. The van der Waals surface area contributed by atoms with Crippen molar-refractivity contribution in [3.8, 4) is 5.75 Å². The number of morpholine rings is 1. The summed E-state index contributed by atoms with van der Waals surface area (Å²) in [5, 5.41) is 8.89. The van der Waals surface area contributed by atoms with Crippen molar-refractivity contribution >= 4 is 40.0 Å². The molecule has 15 heteroatoms. The molecule has 0 spiro atoms. The molecule has 1 aromatic heterocycles. The number of aromatic nitrogens is 2. The highest BCUT2D eigenvalue weighted by Crippen LogP contribution is 2.36. The van der Waals surface area contributed by atoms with Crippen molar-refractivity contribution in [3.63, 3.8) is 0 Å². The molecule has 1 aliphatic heterocycles. The number of aryl methyl sites for hydroxylation is 1. The van der Waals surface area contributed by atoms with Crippen LogP contribution in [0.15, 0.2) is 42.6 Å². The largest absolute Gasteiger partial charge is 0.495 e. The molecule has 11 nitrogen and oxygen atoms in total. The van der Waals surface area contributed by atoms with Crippen LogP contribution in [0, 0.1) is 6.92 Å². The van der Waals surface area contributed by atoms with Gasteiger partial charge in [0.05, 0.1) is 30.7 Å². The number of carbonyl (C=O) groups excluding carboxylic acids is 1. The number of hydrogen-bond donors (Lipinski definition) is 3. The summed E-state index contributed by atoms with van der Waals surface area (Å²) in [6, 6.07) is 10.8. The van der Waals surface area contributed by atoms with Crippen LogP contribution in [0.25, 0.3) is 0 Å². The lowest BCUT2D eigenvalue weighted by atomic mass is 9.89. The van der Waals surface area contributed by atoms with Gasteiger partial charge in [-0.1, -0.05) is 12.1 Å². The maximum absolute atomic E-state index is 14.0. The zero-order valence-corrected chi connectivity index (χ0v) is 30.1. The first-order valence-corrected chi connectivity index (χ1v) is 18.2. The molecule has 3 atom stereocenters. The smallest absolute Gasteiger partial charge is 0.421 e. The normalized spacial score (nSPS) is 22.0. The molecule has 2 aromatic carbocycles. The summed E-state index contributed by atoms with van der Waals surface area (Å²) in [5.74, 6) is -0.455. The Hall–Kier alpha value is -3.95. The van der Waals surface area contributed by atoms with E-state index in [-0.39, 0.29) is 36.7 Å². The second-order valence-corrected chi connectivity index (χ2v) is 14.5. The van der Waals surface area contributed by atoms with Crippen LogP contribution in [0.2, 0.25) is 0 Å². The number of ether oxygens (including phenoxy) is 2. The molecule has 1 unspecified atom stereocenters. The highest BCUT2D eigenvalue weighted by Gasteiger charge is 2.36. The van der Waals surface area contributed by atoms with Gasteiger partial charge in [0, 0.05) is 56.8 Å². The van der Waals surface area contributed by atoms with Crippen molar-refractivity contribution in [1.29, 1.82) is 0 Å². The van der Waals surface area contributed by atoms with Crippen LogP contribution in [-0.4, -0.2) is 82.8 Å². The molecule has 1 aliphatic carbocycles. The molecule has 3 aromatic rings. The predicted octanol–water partition coefficient (Wildman–Crippen LogP) is 6.05. The molecule has 272 valence electrons. The molecule has 50 heavy (non-hydrogen) atoms. The summed E-state index contributed by atoms with van der Waals surface area (Å²) < 4.78 is 67.1. The topological polar surface area (TPSA) is 121 Å². The molecule has 1 amide bonds. The van der Waals surface area contributed by atoms with Crippen molar-refractivity contribution in [1.82, 2.24) is 20.2 Å². The Kier molecular flexibility index (Phi) is 11.9. The van der Waals surface area contributed by atoms with Crippen LogP contribution in [0.4, 0.5) is 36.3 Å². The van der Waals surface area contributed by atoms with E-state index in [0.29, 0.717) is 40.5 Å². The molecule has 2 fully saturated rings. The van der Waals surface area contributed by atoms with E-state index in [2.05, 4.69) is 44.7 Å². The Balaban J connectivity index is 1.26. The minimum Gasteiger partial charge on any atom is -0.495 e. The average Bonchev–Trinajstić information content (AvgIpc) is 3.07. The lowest BCUT2D eigenvalue weighted by molar-refractivity contribution is -0.137. The van der Waals surface area contributed by atoms with E-state index in [9.17, 15) is 22.2 Å². The fourth-order valence-electron chi connectivity index (χ4n) is 6.64. The Morgan fingerprint density at radius 2 is 1.80 bits per heavy atom. The first-order valence-electron chi connectivity index (χ1n) is 16.7. The van der Waals surface area contributed by atoms with Crippen LogP contribution in [0.5, 0.6) is 5.75 Å². The summed E-state index contributed by atoms with van der Waals surface area (Å²) in [7, 11) is 1.76. The molecule has 1 saturated carbocycles. The third-order valence-corrected chi connectivity index (χ3v) is 10.2. The Morgan fingerprint density at radius 1 is 1.10 bits per heavy atom. The highest BCUT2D eigenvalue weighted by molar-refractivity contribution is 7.85. The third-order valence-electron chi connectivity index (χ3n) is 9.21. The predicted molar refractivity (Wildman–Crippen MR) is 189 cm³/mol. The van der Waals surface area contributed by atoms with Gasteiger partial charge in [0.2, 0.25) is 5.95 Å². The number of carbonyl (C=O) groups is 1. The number of rotatable bonds is 11. The molecule has 1 saturated heterocycles. The van der Waals surface area contributed by atoms with Gasteiger partial charge in [0.15, 0.2) is 0 Å². The molecule has 0 bridgehead atoms. The Labute approximate surface area is 293 Å². The molecule has 2 heterocycles. The van der Waals surface area contributed by atoms with E-state index in [1.54, 1.807) is 35.6 Å². The average molecular weight is 718 g/mol. The Morgan fingerprint density at radius 3 is 2.44 bits per heavy atom. The lowest BCUT2D eigenvalue weighted by Gasteiger charge is -2.42. The fraction of sp³-hybridized carbons (Fsp3) is 0.514. The van der Waals surface area contributed by atoms with E-state index in [4.69, 9.17) is 9.47 Å². The van der Waals surface area contributed by atoms with Gasteiger partial charge >= 0.3 is 6.18 Å². The van der Waals surface area contributed by atoms with Crippen molar-refractivity contribution in [2.75, 3.05) is 48.4 Å². The molecular formula is C35H46F3N7O4S. The van der Waals surface area contributed by atoms with Crippen molar-refractivity contribution in [3.05, 3.63) is 64.8 Å². The van der Waals surface area contributed by atoms with E-state index in [1.165, 1.54) is 13.4 Å². The lowest BCUT2D eigenvalue weighted by Crippen LogP contribution is -2.52. The van der Waals surface area contributed by atoms with Crippen LogP contribution < -0.4 is 25.0 Å². The fourth-order valence-corrected chi connectivity index (χ4v) is 7.09. The Bertz CT molecular complexity index is 1680. The van der Waals surface area contributed by atoms with Gasteiger partial charge in [-0.25, -0.2) is 9.19 Å². The minimum atomic E-state index is -4.72. The summed E-state index contributed by atoms with van der Waals surface area (Å²) in [4.78, 5) is 23.8. The van der Waals surface area contributed by atoms with Gasteiger partial charge in [-0.3, -0.25) is 14.0 Å². The van der Waals surface area contributed by atoms with Gasteiger partial charge in [-0.2, -0.15) is 18.2 Å². The molecule has 3 N–H and O–H groups in total. The number of alkyl halides is 3. The third kappa shape index (κ3) is 9.23. The van der Waals surface area contributed by atoms with Gasteiger partial charge in [-0.15, -0.1) is 0 Å². The number of halogens is 3. The minimum absolute atomic E-state index is 0.0168. The molecule has 0 radical (unpaired) electrons. The SMILES string of the molecule is COc1cc(C(=O)NC2CCC(N3C[C@@H](C)O[C@@H](C)C3)CC2)ccc1Nc1ncc(C(F)(F)F)c(NCc2ccc(C)cc2N(C)S(C)=O)n1. The zero-order chi connectivity index (χ0) is 36.2. The summed E-state index contributed by atoms with van der Waals surface area (Å²) >= 11 is 0. The second kappa shape index (κ2) is 15.9. The first kappa shape index (κ1) is 37.3. The van der Waals surface area contributed by atoms with E-state index in [1.807, 2.05) is 19.1 Å². The summed E-state index contributed by atoms with van der Waals surface area (Å²) in [6.07, 6.45) is 1.73. The number of methoxy groups -OCH3 is 1. The number of nitrogens with one attached hydrogen (secondary N) is 3. The highest BCUT2D eigenvalue weighted by atomic mass is 32.2. The number of anilines is 4. The monoisotopic (exact) mass is 717 g/mol. The quantitative estimate of drug-likeness (QED) is 0.218. The number of hydrogen-bond acceptors (Lipinski definition) is 9. The molecule has 2 aliphatic rings. The maximum Gasteiger partial charge on any atom is 0.421 e. The standard InChI is InChI=1S/C35H46F3N7O4S/c1-21-7-8-25(30(15-21)44(4)50(6)47)17-39-32-28(35(36,37)38)18-40-34(43-32)42-29-14-9-24(16-31(29)48-5)33(46)41-26-10-12-27(13-11-26)45-19-22(2)49-23(3)20-45/h7-9,14-16,18,22-23,26-27H,10-13,17,19-20H2,1-6H3,(H,41,46)(H2,39,40,42,43)/t22-,23+,26?,27?,50?. The molecular weight excluding hydrogens is 671 g/mol. The zero-order valence-electron chi connectivity index (χ0n) is 29.3. The van der Waals surface area contributed by atoms with Crippen LogP contribution in [0.3, 0.4) is 0 Å². The molecule has 5 rings (SSSR count). The van der Waals surface area contributed by atoms with Crippen molar-refractivity contribution in [2.45, 2.75) is 83.5 Å². The summed E-state index contributed by atoms with van der Waals surface area (Å²) in [5.41, 5.74) is 1.91. The van der Waals surface area contributed by atoms with E-state index >= 15 is 0 Å². The van der Waals surface area contributed by atoms with Gasteiger partial charge in [-0.05, 0) is 81.8 Å². The second-order valence-electron chi connectivity index (χ2n) is 13.1. The van der Waals surface area contributed by atoms with E-state index in [0.717, 1.165) is 44.3 Å². The number of nitrogens with zero attached hydrogens (tertiary/aromatic N) is 4. The van der Waals surface area contributed by atoms with Crippen molar-refractivity contribution in [2.24, 2.45) is 0 Å². The van der Waals surface area contributed by atoms with E-state index < -0.39 is 28.5 Å². The number of amides is 1. The van der Waals surface area contributed by atoms with Crippen LogP contribution in [-0.2, 0) is 28.4 Å². The van der Waals surface area contributed by atoms with Crippen LogP contribution >= 0.6 is 0 Å².